The first-order valence-electron chi connectivity index (χ1n) is 9.02. The van der Waals surface area contributed by atoms with Crippen LogP contribution in [0.15, 0.2) is 29.2 Å². The van der Waals surface area contributed by atoms with Crippen LogP contribution in [0.25, 0.3) is 10.2 Å². The van der Waals surface area contributed by atoms with Crippen molar-refractivity contribution in [3.8, 4) is 0 Å². The average molecular weight is 400 g/mol. The van der Waals surface area contributed by atoms with Crippen molar-refractivity contribution in [3.63, 3.8) is 0 Å². The molecule has 0 aliphatic heterocycles. The van der Waals surface area contributed by atoms with Gasteiger partial charge in [0.05, 0.1) is 10.2 Å². The molecule has 0 bridgehead atoms. The molecule has 0 radical (unpaired) electrons. The smallest absolute Gasteiger partial charge is 0.263 e. The molecule has 0 fully saturated rings. The number of amides is 1. The molecule has 8 heteroatoms. The summed E-state index contributed by atoms with van der Waals surface area (Å²) in [7, 11) is 3.90. The van der Waals surface area contributed by atoms with Crippen LogP contribution in [-0.4, -0.2) is 41.0 Å². The highest BCUT2D eigenvalue weighted by Gasteiger charge is 2.19. The van der Waals surface area contributed by atoms with Gasteiger partial charge in [0, 0.05) is 24.5 Å². The average Bonchev–Trinajstić information content (AvgIpc) is 2.95. The van der Waals surface area contributed by atoms with Crippen molar-refractivity contribution in [2.24, 2.45) is 0 Å². The number of hydrogen-bond acceptors (Lipinski definition) is 6. The number of nitrogens with one attached hydrogen (secondary N) is 1. The van der Waals surface area contributed by atoms with Gasteiger partial charge in [-0.25, -0.2) is 4.98 Å². The number of fused-ring (bicyclic) bond motifs is 1. The molecule has 3 aromatic rings. The first-order chi connectivity index (χ1) is 13.2. The zero-order valence-electron chi connectivity index (χ0n) is 16.7. The van der Waals surface area contributed by atoms with Gasteiger partial charge in [-0.15, -0.1) is 0 Å². The molecular formula is C20H25N5O2S. The minimum atomic E-state index is -0.412. The van der Waals surface area contributed by atoms with E-state index in [-0.39, 0.29) is 17.2 Å². The molecule has 0 aliphatic carbocycles. The van der Waals surface area contributed by atoms with E-state index in [1.165, 1.54) is 11.3 Å². The standard InChI is InChI=1S/C20H25N5O2S/c1-11-6-7-25(13(3)10-24(4)5)19(27)16(11)18(26)22-14-8-12(2)17-15(9-14)28-20(21)23-17/h6-9,13H,10H2,1-5H3,(H2,21,23)(H,22,26). The normalized spacial score (nSPS) is 12.5. The lowest BCUT2D eigenvalue weighted by Crippen LogP contribution is -2.34. The topological polar surface area (TPSA) is 93.2 Å². The van der Waals surface area contributed by atoms with Gasteiger partial charge in [-0.3, -0.25) is 9.59 Å². The Balaban J connectivity index is 1.95. The molecule has 2 aromatic heterocycles. The molecule has 7 nitrogen and oxygen atoms in total. The number of nitrogen functional groups attached to an aromatic ring is 1. The lowest BCUT2D eigenvalue weighted by Gasteiger charge is -2.20. The van der Waals surface area contributed by atoms with Gasteiger partial charge in [0.15, 0.2) is 5.13 Å². The molecule has 28 heavy (non-hydrogen) atoms. The van der Waals surface area contributed by atoms with Gasteiger partial charge in [-0.2, -0.15) is 0 Å². The quantitative estimate of drug-likeness (QED) is 0.688. The van der Waals surface area contributed by atoms with Crippen molar-refractivity contribution < 1.29 is 4.79 Å². The number of hydrogen-bond donors (Lipinski definition) is 2. The summed E-state index contributed by atoms with van der Waals surface area (Å²) in [6.07, 6.45) is 1.75. The number of pyridine rings is 1. The maximum absolute atomic E-state index is 13.0. The number of carbonyl (C=O) groups excluding carboxylic acids is 1. The maximum Gasteiger partial charge on any atom is 0.263 e. The van der Waals surface area contributed by atoms with Crippen molar-refractivity contribution in [2.45, 2.75) is 26.8 Å². The summed E-state index contributed by atoms with van der Waals surface area (Å²) in [6, 6.07) is 5.43. The molecule has 148 valence electrons. The Morgan fingerprint density at radius 3 is 2.71 bits per heavy atom. The third-order valence-electron chi connectivity index (χ3n) is 4.62. The number of aryl methyl sites for hydroxylation is 2. The number of nitrogens with zero attached hydrogens (tertiary/aromatic N) is 3. The van der Waals surface area contributed by atoms with E-state index in [0.717, 1.165) is 15.8 Å². The van der Waals surface area contributed by atoms with E-state index in [2.05, 4.69) is 10.3 Å². The SMILES string of the molecule is Cc1ccn(C(C)CN(C)C)c(=O)c1C(=O)Nc1cc(C)c2nc(N)sc2c1. The Bertz CT molecular complexity index is 1100. The monoisotopic (exact) mass is 399 g/mol. The molecule has 1 unspecified atom stereocenters. The zero-order valence-corrected chi connectivity index (χ0v) is 17.6. The minimum Gasteiger partial charge on any atom is -0.375 e. The van der Waals surface area contributed by atoms with Gasteiger partial charge < -0.3 is 20.5 Å². The summed E-state index contributed by atoms with van der Waals surface area (Å²) >= 11 is 1.37. The van der Waals surface area contributed by atoms with E-state index in [9.17, 15) is 9.59 Å². The van der Waals surface area contributed by atoms with E-state index < -0.39 is 5.91 Å². The van der Waals surface area contributed by atoms with Gasteiger partial charge in [-0.05, 0) is 64.2 Å². The first kappa shape index (κ1) is 20.0. The van der Waals surface area contributed by atoms with E-state index >= 15 is 0 Å². The van der Waals surface area contributed by atoms with E-state index in [1.54, 1.807) is 23.8 Å². The summed E-state index contributed by atoms with van der Waals surface area (Å²) in [5.74, 6) is -0.412. The number of thiazole rings is 1. The number of nitrogens with two attached hydrogens (primary N) is 1. The molecule has 0 saturated heterocycles. The second kappa shape index (κ2) is 7.73. The van der Waals surface area contributed by atoms with Gasteiger partial charge >= 0.3 is 0 Å². The van der Waals surface area contributed by atoms with E-state index in [1.807, 2.05) is 45.0 Å². The number of carbonyl (C=O) groups is 1. The fourth-order valence-corrected chi connectivity index (χ4v) is 4.21. The predicted octanol–water partition coefficient (Wildman–Crippen LogP) is 3.03. The van der Waals surface area contributed by atoms with Crippen molar-refractivity contribution >= 4 is 38.3 Å². The summed E-state index contributed by atoms with van der Waals surface area (Å²) in [5.41, 5.74) is 8.69. The molecule has 3 rings (SSSR count). The lowest BCUT2D eigenvalue weighted by atomic mass is 10.1. The Hall–Kier alpha value is -2.71. The van der Waals surface area contributed by atoms with Gasteiger partial charge in [0.2, 0.25) is 0 Å². The van der Waals surface area contributed by atoms with Crippen LogP contribution in [-0.2, 0) is 0 Å². The minimum absolute atomic E-state index is 0.0478. The highest BCUT2D eigenvalue weighted by atomic mass is 32.1. The second-order valence-electron chi connectivity index (χ2n) is 7.34. The highest BCUT2D eigenvalue weighted by Crippen LogP contribution is 2.29. The Kier molecular flexibility index (Phi) is 5.53. The number of likely N-dealkylation sites (N-methyl/N-ethyl adjacent to an activating group) is 1. The van der Waals surface area contributed by atoms with E-state index in [0.29, 0.717) is 22.9 Å². The number of benzene rings is 1. The third kappa shape index (κ3) is 3.93. The van der Waals surface area contributed by atoms with Gasteiger partial charge in [0.1, 0.15) is 5.56 Å². The highest BCUT2D eigenvalue weighted by molar-refractivity contribution is 7.22. The Labute approximate surface area is 167 Å². The van der Waals surface area contributed by atoms with Crippen molar-refractivity contribution in [1.82, 2.24) is 14.5 Å². The largest absolute Gasteiger partial charge is 0.375 e. The molecular weight excluding hydrogens is 374 g/mol. The first-order valence-corrected chi connectivity index (χ1v) is 9.83. The van der Waals surface area contributed by atoms with Crippen LogP contribution in [0.4, 0.5) is 10.8 Å². The van der Waals surface area contributed by atoms with Crippen LogP contribution >= 0.6 is 11.3 Å². The van der Waals surface area contributed by atoms with Crippen LogP contribution < -0.4 is 16.6 Å². The second-order valence-corrected chi connectivity index (χ2v) is 8.41. The zero-order chi connectivity index (χ0) is 20.6. The molecule has 1 atom stereocenters. The third-order valence-corrected chi connectivity index (χ3v) is 5.45. The van der Waals surface area contributed by atoms with Crippen molar-refractivity contribution in [1.29, 1.82) is 0 Å². The van der Waals surface area contributed by atoms with Gasteiger partial charge in [0.25, 0.3) is 11.5 Å². The van der Waals surface area contributed by atoms with Crippen LogP contribution in [0.1, 0.15) is 34.5 Å². The summed E-state index contributed by atoms with van der Waals surface area (Å²) in [6.45, 7) is 6.35. The van der Waals surface area contributed by atoms with E-state index in [4.69, 9.17) is 5.73 Å². The summed E-state index contributed by atoms with van der Waals surface area (Å²) in [4.78, 5) is 32.2. The molecule has 0 spiro atoms. The number of aromatic nitrogens is 2. The molecule has 0 aliphatic rings. The van der Waals surface area contributed by atoms with Crippen molar-refractivity contribution in [3.05, 3.63) is 51.4 Å². The fourth-order valence-electron chi connectivity index (χ4n) is 3.36. The lowest BCUT2D eigenvalue weighted by molar-refractivity contribution is 0.102. The molecule has 0 saturated carbocycles. The Morgan fingerprint density at radius 1 is 1.32 bits per heavy atom. The van der Waals surface area contributed by atoms with Gasteiger partial charge in [-0.1, -0.05) is 11.3 Å². The molecule has 3 N–H and O–H groups in total. The van der Waals surface area contributed by atoms with Crippen LogP contribution in [0.3, 0.4) is 0 Å². The number of anilines is 2. The molecule has 1 aromatic carbocycles. The van der Waals surface area contributed by atoms with Crippen molar-refractivity contribution in [2.75, 3.05) is 31.7 Å². The predicted molar refractivity (Wildman–Crippen MR) is 115 cm³/mol. The number of rotatable bonds is 5. The van der Waals surface area contributed by atoms with Crippen LogP contribution in [0.2, 0.25) is 0 Å². The van der Waals surface area contributed by atoms with Crippen LogP contribution in [0.5, 0.6) is 0 Å². The Morgan fingerprint density at radius 2 is 2.04 bits per heavy atom. The fraction of sp³-hybridized carbons (Fsp3) is 0.350. The van der Waals surface area contributed by atoms with Crippen LogP contribution in [0, 0.1) is 13.8 Å². The summed E-state index contributed by atoms with van der Waals surface area (Å²) < 4.78 is 2.51. The maximum atomic E-state index is 13.0. The summed E-state index contributed by atoms with van der Waals surface area (Å²) in [5, 5.41) is 3.35. The molecule has 2 heterocycles. The molecule has 1 amide bonds.